The van der Waals surface area contributed by atoms with Crippen LogP contribution in [0.4, 0.5) is 0 Å². The lowest BCUT2D eigenvalue weighted by molar-refractivity contribution is -0.125. The van der Waals surface area contributed by atoms with Crippen LogP contribution < -0.4 is 10.1 Å². The third kappa shape index (κ3) is 3.71. The molecular weight excluding hydrogens is 270 g/mol. The Balaban J connectivity index is 1.93. The minimum atomic E-state index is -0.0408. The molecule has 1 aromatic heterocycles. The number of hydrogen-bond acceptors (Lipinski definition) is 4. The van der Waals surface area contributed by atoms with Crippen molar-refractivity contribution in [1.29, 1.82) is 0 Å². The van der Waals surface area contributed by atoms with Crippen molar-refractivity contribution in [1.82, 2.24) is 15.2 Å². The first-order valence-corrected chi connectivity index (χ1v) is 7.25. The molecule has 0 atom stereocenters. The monoisotopic (exact) mass is 291 g/mol. The second kappa shape index (κ2) is 7.06. The van der Waals surface area contributed by atoms with Crippen molar-refractivity contribution in [3.05, 3.63) is 23.9 Å². The molecule has 0 spiro atoms. The van der Waals surface area contributed by atoms with E-state index in [0.717, 1.165) is 0 Å². The highest BCUT2D eigenvalue weighted by atomic mass is 16.5. The first-order valence-electron chi connectivity index (χ1n) is 7.25. The number of carbonyl (C=O) groups is 2. The molecule has 0 radical (unpaired) electrons. The SMILES string of the molecule is CCOc1ccc(C(=O)N2CCC(C(=O)NC)CC2)cn1. The van der Waals surface area contributed by atoms with Crippen molar-refractivity contribution in [2.24, 2.45) is 5.92 Å². The molecule has 0 bridgehead atoms. The third-order valence-corrected chi connectivity index (χ3v) is 3.67. The molecule has 2 amide bonds. The Morgan fingerprint density at radius 2 is 2.10 bits per heavy atom. The van der Waals surface area contributed by atoms with Gasteiger partial charge in [0.15, 0.2) is 0 Å². The summed E-state index contributed by atoms with van der Waals surface area (Å²) in [6, 6.07) is 3.43. The van der Waals surface area contributed by atoms with Gasteiger partial charge < -0.3 is 15.0 Å². The molecule has 0 aromatic carbocycles. The molecule has 21 heavy (non-hydrogen) atoms. The zero-order valence-corrected chi connectivity index (χ0v) is 12.5. The number of likely N-dealkylation sites (tertiary alicyclic amines) is 1. The van der Waals surface area contributed by atoms with Gasteiger partial charge in [0.25, 0.3) is 5.91 Å². The van der Waals surface area contributed by atoms with E-state index in [4.69, 9.17) is 4.74 Å². The summed E-state index contributed by atoms with van der Waals surface area (Å²) in [5.74, 6) is 0.551. The first-order chi connectivity index (χ1) is 10.2. The molecule has 0 aliphatic carbocycles. The van der Waals surface area contributed by atoms with Crippen LogP contribution >= 0.6 is 0 Å². The Hall–Kier alpha value is -2.11. The third-order valence-electron chi connectivity index (χ3n) is 3.67. The van der Waals surface area contributed by atoms with Gasteiger partial charge in [0, 0.05) is 38.3 Å². The fourth-order valence-corrected chi connectivity index (χ4v) is 2.47. The summed E-state index contributed by atoms with van der Waals surface area (Å²) in [6.07, 6.45) is 2.95. The van der Waals surface area contributed by atoms with Gasteiger partial charge in [-0.3, -0.25) is 9.59 Å². The molecule has 2 heterocycles. The lowest BCUT2D eigenvalue weighted by atomic mass is 9.95. The molecule has 2 rings (SSSR count). The number of ether oxygens (including phenoxy) is 1. The lowest BCUT2D eigenvalue weighted by Crippen LogP contribution is -2.42. The van der Waals surface area contributed by atoms with E-state index < -0.39 is 0 Å². The van der Waals surface area contributed by atoms with E-state index in [1.54, 1.807) is 24.1 Å². The van der Waals surface area contributed by atoms with Crippen LogP contribution in [0.3, 0.4) is 0 Å². The maximum atomic E-state index is 12.4. The van der Waals surface area contributed by atoms with Crippen LogP contribution in [-0.4, -0.2) is 48.4 Å². The van der Waals surface area contributed by atoms with Crippen LogP contribution in [0.5, 0.6) is 5.88 Å². The zero-order chi connectivity index (χ0) is 15.2. The molecule has 0 saturated carbocycles. The Morgan fingerprint density at radius 3 is 2.62 bits per heavy atom. The highest BCUT2D eigenvalue weighted by Crippen LogP contribution is 2.19. The summed E-state index contributed by atoms with van der Waals surface area (Å²) in [5, 5.41) is 2.66. The largest absolute Gasteiger partial charge is 0.478 e. The van der Waals surface area contributed by atoms with Crippen molar-refractivity contribution < 1.29 is 14.3 Å². The Morgan fingerprint density at radius 1 is 1.38 bits per heavy atom. The van der Waals surface area contributed by atoms with Crippen LogP contribution in [0, 0.1) is 5.92 Å². The van der Waals surface area contributed by atoms with Gasteiger partial charge in [0.05, 0.1) is 12.2 Å². The molecule has 1 aromatic rings. The average Bonchev–Trinajstić information content (AvgIpc) is 2.54. The summed E-state index contributed by atoms with van der Waals surface area (Å²) in [6.45, 7) is 3.64. The summed E-state index contributed by atoms with van der Waals surface area (Å²) in [7, 11) is 1.64. The van der Waals surface area contributed by atoms with Crippen LogP contribution in [0.1, 0.15) is 30.1 Å². The predicted molar refractivity (Wildman–Crippen MR) is 78.1 cm³/mol. The van der Waals surface area contributed by atoms with Gasteiger partial charge in [-0.15, -0.1) is 0 Å². The Bertz CT molecular complexity index is 493. The van der Waals surface area contributed by atoms with E-state index >= 15 is 0 Å². The second-order valence-electron chi connectivity index (χ2n) is 5.00. The van der Waals surface area contributed by atoms with Gasteiger partial charge in [-0.1, -0.05) is 0 Å². The number of aromatic nitrogens is 1. The van der Waals surface area contributed by atoms with E-state index in [1.165, 1.54) is 6.20 Å². The van der Waals surface area contributed by atoms with Crippen molar-refractivity contribution in [2.45, 2.75) is 19.8 Å². The molecule has 114 valence electrons. The van der Waals surface area contributed by atoms with Crippen LogP contribution in [0.2, 0.25) is 0 Å². The van der Waals surface area contributed by atoms with E-state index in [1.807, 2.05) is 6.92 Å². The second-order valence-corrected chi connectivity index (χ2v) is 5.00. The average molecular weight is 291 g/mol. The highest BCUT2D eigenvalue weighted by Gasteiger charge is 2.27. The van der Waals surface area contributed by atoms with E-state index in [9.17, 15) is 9.59 Å². The molecular formula is C15H21N3O3. The summed E-state index contributed by atoms with van der Waals surface area (Å²) in [5.41, 5.74) is 0.553. The number of nitrogens with zero attached hydrogens (tertiary/aromatic N) is 2. The number of amides is 2. The smallest absolute Gasteiger partial charge is 0.255 e. The number of carbonyl (C=O) groups excluding carboxylic acids is 2. The molecule has 1 saturated heterocycles. The van der Waals surface area contributed by atoms with Crippen LogP contribution in [0.15, 0.2) is 18.3 Å². The van der Waals surface area contributed by atoms with Crippen molar-refractivity contribution in [2.75, 3.05) is 26.7 Å². The normalized spacial score (nSPS) is 15.6. The van der Waals surface area contributed by atoms with Crippen molar-refractivity contribution in [3.63, 3.8) is 0 Å². The summed E-state index contributed by atoms with van der Waals surface area (Å²) < 4.78 is 5.26. The maximum absolute atomic E-state index is 12.4. The van der Waals surface area contributed by atoms with Gasteiger partial charge in [0.2, 0.25) is 11.8 Å². The van der Waals surface area contributed by atoms with Gasteiger partial charge in [-0.05, 0) is 25.8 Å². The minimum Gasteiger partial charge on any atom is -0.478 e. The topological polar surface area (TPSA) is 71.5 Å². The van der Waals surface area contributed by atoms with E-state index in [-0.39, 0.29) is 17.7 Å². The van der Waals surface area contributed by atoms with Crippen molar-refractivity contribution in [3.8, 4) is 5.88 Å². The summed E-state index contributed by atoms with van der Waals surface area (Å²) in [4.78, 5) is 29.8. The molecule has 6 heteroatoms. The molecule has 1 N–H and O–H groups in total. The fourth-order valence-electron chi connectivity index (χ4n) is 2.47. The van der Waals surface area contributed by atoms with Gasteiger partial charge in [0.1, 0.15) is 0 Å². The number of rotatable bonds is 4. The standard InChI is InChI=1S/C15H21N3O3/c1-3-21-13-5-4-12(10-17-13)15(20)18-8-6-11(7-9-18)14(19)16-2/h4-5,10-11H,3,6-9H2,1-2H3,(H,16,19). The zero-order valence-electron chi connectivity index (χ0n) is 12.5. The molecule has 1 aliphatic rings. The molecule has 0 unspecified atom stereocenters. The summed E-state index contributed by atoms with van der Waals surface area (Å²) >= 11 is 0. The predicted octanol–water partition coefficient (Wildman–Crippen LogP) is 1.08. The van der Waals surface area contributed by atoms with Crippen LogP contribution in [0.25, 0.3) is 0 Å². The van der Waals surface area contributed by atoms with Crippen molar-refractivity contribution >= 4 is 11.8 Å². The first kappa shape index (κ1) is 15.3. The molecule has 1 fully saturated rings. The van der Waals surface area contributed by atoms with Gasteiger partial charge in [-0.2, -0.15) is 0 Å². The highest BCUT2D eigenvalue weighted by molar-refractivity contribution is 5.94. The van der Waals surface area contributed by atoms with Crippen LogP contribution in [-0.2, 0) is 4.79 Å². The van der Waals surface area contributed by atoms with E-state index in [2.05, 4.69) is 10.3 Å². The lowest BCUT2D eigenvalue weighted by Gasteiger charge is -2.31. The molecule has 6 nitrogen and oxygen atoms in total. The van der Waals surface area contributed by atoms with Gasteiger partial charge >= 0.3 is 0 Å². The number of nitrogens with one attached hydrogen (secondary N) is 1. The molecule has 1 aliphatic heterocycles. The number of piperidine rings is 1. The fraction of sp³-hybridized carbons (Fsp3) is 0.533. The van der Waals surface area contributed by atoms with E-state index in [0.29, 0.717) is 44.0 Å². The Labute approximate surface area is 124 Å². The number of pyridine rings is 1. The number of hydrogen-bond donors (Lipinski definition) is 1. The Kier molecular flexibility index (Phi) is 5.14. The maximum Gasteiger partial charge on any atom is 0.255 e. The quantitative estimate of drug-likeness (QED) is 0.901. The minimum absolute atomic E-state index is 0.0116. The van der Waals surface area contributed by atoms with Gasteiger partial charge in [-0.25, -0.2) is 4.98 Å².